The van der Waals surface area contributed by atoms with E-state index in [9.17, 15) is 0 Å². The standard InChI is InChI=1S/C12H20N4/c1-8(2)11-14-9(3)15-12(16-11)10-5-4-6-13-7-10/h8,10,13H,4-7H2,1-3H3. The summed E-state index contributed by atoms with van der Waals surface area (Å²) in [5.74, 6) is 3.58. The molecule has 0 saturated carbocycles. The Morgan fingerprint density at radius 1 is 1.25 bits per heavy atom. The van der Waals surface area contributed by atoms with E-state index in [1.54, 1.807) is 0 Å². The summed E-state index contributed by atoms with van der Waals surface area (Å²) in [6.45, 7) is 8.32. The molecule has 1 aromatic heterocycles. The zero-order valence-corrected chi connectivity index (χ0v) is 10.3. The van der Waals surface area contributed by atoms with E-state index >= 15 is 0 Å². The van der Waals surface area contributed by atoms with Crippen LogP contribution < -0.4 is 5.32 Å². The average Bonchev–Trinajstić information content (AvgIpc) is 2.29. The molecule has 1 aliphatic rings. The Kier molecular flexibility index (Phi) is 3.49. The van der Waals surface area contributed by atoms with E-state index in [1.807, 2.05) is 6.92 Å². The number of rotatable bonds is 2. The van der Waals surface area contributed by atoms with Gasteiger partial charge in [0.15, 0.2) is 0 Å². The monoisotopic (exact) mass is 220 g/mol. The molecule has 1 aliphatic heterocycles. The molecule has 0 aliphatic carbocycles. The average molecular weight is 220 g/mol. The SMILES string of the molecule is Cc1nc(C(C)C)nc(C2CCCNC2)n1. The first kappa shape index (κ1) is 11.5. The van der Waals surface area contributed by atoms with Gasteiger partial charge >= 0.3 is 0 Å². The molecule has 88 valence electrons. The Morgan fingerprint density at radius 3 is 2.69 bits per heavy atom. The lowest BCUT2D eigenvalue weighted by Crippen LogP contribution is -2.30. The largest absolute Gasteiger partial charge is 0.316 e. The number of aromatic nitrogens is 3. The molecular formula is C12H20N4. The molecule has 0 bridgehead atoms. The van der Waals surface area contributed by atoms with E-state index in [1.165, 1.54) is 12.8 Å². The molecule has 0 radical (unpaired) electrons. The van der Waals surface area contributed by atoms with Crippen molar-refractivity contribution in [1.29, 1.82) is 0 Å². The van der Waals surface area contributed by atoms with Gasteiger partial charge in [0, 0.05) is 18.4 Å². The second kappa shape index (κ2) is 4.87. The van der Waals surface area contributed by atoms with Gasteiger partial charge < -0.3 is 5.32 Å². The molecule has 16 heavy (non-hydrogen) atoms. The maximum atomic E-state index is 4.59. The van der Waals surface area contributed by atoms with Crippen LogP contribution in [0.2, 0.25) is 0 Å². The molecule has 1 fully saturated rings. The Bertz CT molecular complexity index is 356. The van der Waals surface area contributed by atoms with Crippen LogP contribution in [-0.2, 0) is 0 Å². The van der Waals surface area contributed by atoms with Crippen molar-refractivity contribution in [1.82, 2.24) is 20.3 Å². The summed E-state index contributed by atoms with van der Waals surface area (Å²) in [5.41, 5.74) is 0. The first-order valence-electron chi connectivity index (χ1n) is 6.10. The van der Waals surface area contributed by atoms with Gasteiger partial charge in [0.2, 0.25) is 0 Å². The van der Waals surface area contributed by atoms with Crippen molar-refractivity contribution in [3.63, 3.8) is 0 Å². The molecule has 1 saturated heterocycles. The van der Waals surface area contributed by atoms with Crippen LogP contribution in [0.15, 0.2) is 0 Å². The number of hydrogen-bond acceptors (Lipinski definition) is 4. The van der Waals surface area contributed by atoms with Gasteiger partial charge in [-0.1, -0.05) is 13.8 Å². The van der Waals surface area contributed by atoms with Gasteiger partial charge in [-0.25, -0.2) is 15.0 Å². The molecule has 1 aromatic rings. The lowest BCUT2D eigenvalue weighted by molar-refractivity contribution is 0.442. The Labute approximate surface area is 96.9 Å². The molecule has 0 aromatic carbocycles. The highest BCUT2D eigenvalue weighted by Gasteiger charge is 2.19. The highest BCUT2D eigenvalue weighted by Crippen LogP contribution is 2.21. The number of piperidine rings is 1. The van der Waals surface area contributed by atoms with Gasteiger partial charge in [-0.2, -0.15) is 0 Å². The summed E-state index contributed by atoms with van der Waals surface area (Å²) in [7, 11) is 0. The molecule has 4 heteroatoms. The minimum Gasteiger partial charge on any atom is -0.316 e. The zero-order chi connectivity index (χ0) is 11.5. The topological polar surface area (TPSA) is 50.7 Å². The predicted octanol–water partition coefficient (Wildman–Crippen LogP) is 1.77. The summed E-state index contributed by atoms with van der Waals surface area (Å²) in [6.07, 6.45) is 2.40. The van der Waals surface area contributed by atoms with E-state index in [0.717, 1.165) is 30.6 Å². The fourth-order valence-electron chi connectivity index (χ4n) is 2.04. The molecule has 4 nitrogen and oxygen atoms in total. The fraction of sp³-hybridized carbons (Fsp3) is 0.750. The van der Waals surface area contributed by atoms with Gasteiger partial charge in [0.05, 0.1) is 0 Å². The number of nitrogens with one attached hydrogen (secondary N) is 1. The maximum Gasteiger partial charge on any atom is 0.136 e. The van der Waals surface area contributed by atoms with Gasteiger partial charge in [0.1, 0.15) is 17.5 Å². The van der Waals surface area contributed by atoms with Crippen LogP contribution in [-0.4, -0.2) is 28.0 Å². The van der Waals surface area contributed by atoms with E-state index in [2.05, 4.69) is 34.1 Å². The van der Waals surface area contributed by atoms with Crippen LogP contribution in [0.4, 0.5) is 0 Å². The number of aryl methyl sites for hydroxylation is 1. The molecule has 1 N–H and O–H groups in total. The van der Waals surface area contributed by atoms with E-state index < -0.39 is 0 Å². The fourth-order valence-corrected chi connectivity index (χ4v) is 2.04. The highest BCUT2D eigenvalue weighted by atomic mass is 15.0. The summed E-state index contributed by atoms with van der Waals surface area (Å²) < 4.78 is 0. The van der Waals surface area contributed by atoms with Crippen LogP contribution in [0.3, 0.4) is 0 Å². The lowest BCUT2D eigenvalue weighted by atomic mass is 9.99. The summed E-state index contributed by atoms with van der Waals surface area (Å²) >= 11 is 0. The third kappa shape index (κ3) is 2.55. The molecule has 1 atom stereocenters. The second-order valence-electron chi connectivity index (χ2n) is 4.80. The maximum absolute atomic E-state index is 4.59. The zero-order valence-electron chi connectivity index (χ0n) is 10.3. The summed E-state index contributed by atoms with van der Waals surface area (Å²) in [6, 6.07) is 0. The van der Waals surface area contributed by atoms with Crippen LogP contribution in [0.5, 0.6) is 0 Å². The molecular weight excluding hydrogens is 200 g/mol. The van der Waals surface area contributed by atoms with Crippen LogP contribution in [0, 0.1) is 6.92 Å². The van der Waals surface area contributed by atoms with E-state index in [-0.39, 0.29) is 0 Å². The van der Waals surface area contributed by atoms with Crippen molar-refractivity contribution < 1.29 is 0 Å². The Morgan fingerprint density at radius 2 is 2.06 bits per heavy atom. The molecule has 2 rings (SSSR count). The molecule has 0 amide bonds. The van der Waals surface area contributed by atoms with Crippen LogP contribution in [0.1, 0.15) is 56.0 Å². The summed E-state index contributed by atoms with van der Waals surface area (Å²) in [4.78, 5) is 13.5. The Hall–Kier alpha value is -1.03. The highest BCUT2D eigenvalue weighted by molar-refractivity contribution is 5.05. The normalized spacial score (nSPS) is 21.4. The van der Waals surface area contributed by atoms with Crippen molar-refractivity contribution in [2.45, 2.75) is 45.4 Å². The van der Waals surface area contributed by atoms with Crippen molar-refractivity contribution in [2.75, 3.05) is 13.1 Å². The van der Waals surface area contributed by atoms with Crippen molar-refractivity contribution in [2.24, 2.45) is 0 Å². The van der Waals surface area contributed by atoms with Gasteiger partial charge in [0.25, 0.3) is 0 Å². The van der Waals surface area contributed by atoms with Crippen molar-refractivity contribution >= 4 is 0 Å². The lowest BCUT2D eigenvalue weighted by Gasteiger charge is -2.22. The third-order valence-corrected chi connectivity index (χ3v) is 2.96. The summed E-state index contributed by atoms with van der Waals surface area (Å²) in [5, 5.41) is 3.40. The smallest absolute Gasteiger partial charge is 0.136 e. The van der Waals surface area contributed by atoms with Crippen LogP contribution >= 0.6 is 0 Å². The molecule has 2 heterocycles. The Balaban J connectivity index is 2.25. The van der Waals surface area contributed by atoms with Crippen LogP contribution in [0.25, 0.3) is 0 Å². The first-order chi connectivity index (χ1) is 7.66. The van der Waals surface area contributed by atoms with Gasteiger partial charge in [-0.3, -0.25) is 0 Å². The van der Waals surface area contributed by atoms with Crippen molar-refractivity contribution in [3.05, 3.63) is 17.5 Å². The number of hydrogen-bond donors (Lipinski definition) is 1. The van der Waals surface area contributed by atoms with E-state index in [0.29, 0.717) is 11.8 Å². The second-order valence-corrected chi connectivity index (χ2v) is 4.80. The quantitative estimate of drug-likeness (QED) is 0.825. The van der Waals surface area contributed by atoms with E-state index in [4.69, 9.17) is 0 Å². The van der Waals surface area contributed by atoms with Gasteiger partial charge in [-0.05, 0) is 26.3 Å². The predicted molar refractivity (Wildman–Crippen MR) is 63.5 cm³/mol. The molecule has 0 spiro atoms. The third-order valence-electron chi connectivity index (χ3n) is 2.96. The number of nitrogens with zero attached hydrogens (tertiary/aromatic N) is 3. The van der Waals surface area contributed by atoms with Gasteiger partial charge in [-0.15, -0.1) is 0 Å². The minimum atomic E-state index is 0.372. The molecule has 1 unspecified atom stereocenters. The minimum absolute atomic E-state index is 0.372. The van der Waals surface area contributed by atoms with Crippen molar-refractivity contribution in [3.8, 4) is 0 Å². The first-order valence-corrected chi connectivity index (χ1v) is 6.10.